The predicted molar refractivity (Wildman–Crippen MR) is 74.1 cm³/mol. The number of alkyl halides is 3. The summed E-state index contributed by atoms with van der Waals surface area (Å²) < 4.78 is 39.0. The molecule has 0 radical (unpaired) electrons. The second kappa shape index (κ2) is 4.81. The zero-order valence-electron chi connectivity index (χ0n) is 10.6. The van der Waals surface area contributed by atoms with Crippen LogP contribution in [0.5, 0.6) is 0 Å². The van der Waals surface area contributed by atoms with E-state index >= 15 is 0 Å². The number of rotatable bonds is 2. The van der Waals surface area contributed by atoms with Gasteiger partial charge in [-0.2, -0.15) is 23.3 Å². The van der Waals surface area contributed by atoms with E-state index in [4.69, 9.17) is 0 Å². The Balaban J connectivity index is 1.95. The van der Waals surface area contributed by atoms with Crippen molar-refractivity contribution in [3.8, 4) is 11.3 Å². The number of aliphatic hydroxyl groups is 1. The maximum Gasteiger partial charge on any atom is 0.438 e. The van der Waals surface area contributed by atoms with E-state index in [1.807, 2.05) is 30.3 Å². The molecule has 0 saturated carbocycles. The quantitative estimate of drug-likeness (QED) is 0.926. The van der Waals surface area contributed by atoms with Crippen LogP contribution in [0, 0.1) is 0 Å². The summed E-state index contributed by atoms with van der Waals surface area (Å²) in [5.74, 6) is 0. The Labute approximate surface area is 122 Å². The minimum atomic E-state index is -4.82. The molecule has 1 unspecified atom stereocenters. The molecule has 0 amide bonds. The molecule has 1 atom stereocenters. The zero-order chi connectivity index (χ0) is 15.1. The van der Waals surface area contributed by atoms with Crippen molar-refractivity contribution in [2.75, 3.05) is 5.01 Å². The van der Waals surface area contributed by atoms with Crippen LogP contribution in [0.25, 0.3) is 11.3 Å². The number of nitrogens with zero attached hydrogens (tertiary/aromatic N) is 3. The number of halogens is 3. The van der Waals surface area contributed by atoms with Crippen molar-refractivity contribution >= 4 is 22.7 Å². The maximum absolute atomic E-state index is 13.0. The second-order valence-electron chi connectivity index (χ2n) is 4.51. The third-order valence-electron chi connectivity index (χ3n) is 3.12. The van der Waals surface area contributed by atoms with Crippen molar-refractivity contribution in [3.63, 3.8) is 0 Å². The first-order valence-electron chi connectivity index (χ1n) is 6.04. The highest BCUT2D eigenvalue weighted by Crippen LogP contribution is 2.42. The maximum atomic E-state index is 13.0. The molecule has 21 heavy (non-hydrogen) atoms. The van der Waals surface area contributed by atoms with E-state index in [2.05, 4.69) is 10.1 Å². The molecule has 4 nitrogen and oxygen atoms in total. The standard InChI is InChI=1S/C13H10F3N3OS/c14-13(15,16)12(20)6-7-17-19(12)11-18-10(8-21-11)9-4-2-1-3-5-9/h1-5,7-8,20H,6H2. The zero-order valence-corrected chi connectivity index (χ0v) is 11.4. The summed E-state index contributed by atoms with van der Waals surface area (Å²) in [6.07, 6.45) is -4.39. The van der Waals surface area contributed by atoms with E-state index in [0.29, 0.717) is 10.7 Å². The SMILES string of the molecule is OC1(C(F)(F)F)CC=NN1c1nc(-c2ccccc2)cs1. The molecule has 110 valence electrons. The van der Waals surface area contributed by atoms with Crippen molar-refractivity contribution in [2.45, 2.75) is 18.3 Å². The number of hydrogen-bond acceptors (Lipinski definition) is 5. The second-order valence-corrected chi connectivity index (χ2v) is 5.35. The smallest absolute Gasteiger partial charge is 0.362 e. The van der Waals surface area contributed by atoms with Crippen LogP contribution in [0.3, 0.4) is 0 Å². The summed E-state index contributed by atoms with van der Waals surface area (Å²) >= 11 is 1.00. The molecule has 1 aliphatic rings. The lowest BCUT2D eigenvalue weighted by atomic mass is 10.1. The number of benzene rings is 1. The summed E-state index contributed by atoms with van der Waals surface area (Å²) in [5, 5.41) is 15.7. The summed E-state index contributed by atoms with van der Waals surface area (Å²) in [4.78, 5) is 4.14. The van der Waals surface area contributed by atoms with Gasteiger partial charge in [0.15, 0.2) is 0 Å². The van der Waals surface area contributed by atoms with Gasteiger partial charge >= 0.3 is 6.18 Å². The molecule has 3 rings (SSSR count). The van der Waals surface area contributed by atoms with Crippen LogP contribution in [0.2, 0.25) is 0 Å². The molecule has 2 heterocycles. The molecule has 2 aromatic rings. The molecule has 1 N–H and O–H groups in total. The van der Waals surface area contributed by atoms with E-state index in [9.17, 15) is 18.3 Å². The molecule has 8 heteroatoms. The van der Waals surface area contributed by atoms with E-state index in [1.165, 1.54) is 0 Å². The van der Waals surface area contributed by atoms with E-state index in [1.54, 1.807) is 5.38 Å². The van der Waals surface area contributed by atoms with Crippen LogP contribution in [-0.4, -0.2) is 28.2 Å². The van der Waals surface area contributed by atoms with E-state index in [0.717, 1.165) is 23.1 Å². The molecular formula is C13H10F3N3OS. The minimum Gasteiger partial charge on any atom is -0.362 e. The Morgan fingerprint density at radius 3 is 2.62 bits per heavy atom. The van der Waals surface area contributed by atoms with Gasteiger partial charge < -0.3 is 5.11 Å². The Kier molecular flexibility index (Phi) is 3.22. The van der Waals surface area contributed by atoms with Crippen LogP contribution < -0.4 is 5.01 Å². The van der Waals surface area contributed by atoms with Gasteiger partial charge in [0.05, 0.1) is 5.69 Å². The van der Waals surface area contributed by atoms with Crippen molar-refractivity contribution in [1.29, 1.82) is 0 Å². The van der Waals surface area contributed by atoms with Crippen molar-refractivity contribution in [1.82, 2.24) is 4.98 Å². The highest BCUT2D eigenvalue weighted by Gasteiger charge is 2.60. The highest BCUT2D eigenvalue weighted by molar-refractivity contribution is 7.14. The lowest BCUT2D eigenvalue weighted by Gasteiger charge is -2.32. The third kappa shape index (κ3) is 2.30. The van der Waals surface area contributed by atoms with Gasteiger partial charge in [-0.1, -0.05) is 30.3 Å². The number of thiazole rings is 1. The fourth-order valence-electron chi connectivity index (χ4n) is 1.98. The summed E-state index contributed by atoms with van der Waals surface area (Å²) in [6, 6.07) is 9.08. The molecule has 1 aliphatic heterocycles. The largest absolute Gasteiger partial charge is 0.438 e. The van der Waals surface area contributed by atoms with Crippen LogP contribution in [-0.2, 0) is 0 Å². The van der Waals surface area contributed by atoms with Gasteiger partial charge in [-0.05, 0) is 0 Å². The van der Waals surface area contributed by atoms with E-state index in [-0.39, 0.29) is 5.13 Å². The number of hydrogen-bond donors (Lipinski definition) is 1. The summed E-state index contributed by atoms with van der Waals surface area (Å²) in [5.41, 5.74) is -1.69. The predicted octanol–water partition coefficient (Wildman–Crippen LogP) is 3.26. The summed E-state index contributed by atoms with van der Waals surface area (Å²) in [7, 11) is 0. The average molecular weight is 313 g/mol. The Morgan fingerprint density at radius 2 is 1.95 bits per heavy atom. The molecule has 0 fully saturated rings. The molecule has 0 saturated heterocycles. The van der Waals surface area contributed by atoms with Gasteiger partial charge in [0.2, 0.25) is 5.13 Å². The van der Waals surface area contributed by atoms with Crippen LogP contribution >= 0.6 is 11.3 Å². The molecule has 0 aliphatic carbocycles. The Hall–Kier alpha value is -1.93. The molecular weight excluding hydrogens is 303 g/mol. The van der Waals surface area contributed by atoms with Gasteiger partial charge in [0, 0.05) is 23.6 Å². The Bertz CT molecular complexity index is 671. The van der Waals surface area contributed by atoms with Gasteiger partial charge in [-0.15, -0.1) is 11.3 Å². The normalized spacial score (nSPS) is 22.0. The first-order valence-corrected chi connectivity index (χ1v) is 6.92. The lowest BCUT2D eigenvalue weighted by molar-refractivity contribution is -0.254. The van der Waals surface area contributed by atoms with Crippen molar-refractivity contribution in [2.24, 2.45) is 5.10 Å². The molecule has 0 spiro atoms. The highest BCUT2D eigenvalue weighted by atomic mass is 32.1. The molecule has 1 aromatic carbocycles. The van der Waals surface area contributed by atoms with Gasteiger partial charge in [-0.3, -0.25) is 0 Å². The van der Waals surface area contributed by atoms with Crippen LogP contribution in [0.15, 0.2) is 40.8 Å². The number of anilines is 1. The van der Waals surface area contributed by atoms with E-state index < -0.39 is 18.3 Å². The monoisotopic (exact) mass is 313 g/mol. The summed E-state index contributed by atoms with van der Waals surface area (Å²) in [6.45, 7) is 0. The van der Waals surface area contributed by atoms with Crippen molar-refractivity contribution < 1.29 is 18.3 Å². The third-order valence-corrected chi connectivity index (χ3v) is 3.94. The van der Waals surface area contributed by atoms with Crippen molar-refractivity contribution in [3.05, 3.63) is 35.7 Å². The van der Waals surface area contributed by atoms with Gasteiger partial charge in [0.25, 0.3) is 5.72 Å². The molecule has 1 aromatic heterocycles. The molecule has 0 bridgehead atoms. The lowest BCUT2D eigenvalue weighted by Crippen LogP contribution is -2.54. The fraction of sp³-hybridized carbons (Fsp3) is 0.231. The topological polar surface area (TPSA) is 48.7 Å². The first kappa shape index (κ1) is 14.0. The number of hydrazone groups is 1. The van der Waals surface area contributed by atoms with Crippen LogP contribution in [0.1, 0.15) is 6.42 Å². The first-order chi connectivity index (χ1) is 9.92. The van der Waals surface area contributed by atoms with Crippen LogP contribution in [0.4, 0.5) is 18.3 Å². The number of aromatic nitrogens is 1. The average Bonchev–Trinajstić information content (AvgIpc) is 3.06. The minimum absolute atomic E-state index is 0.00225. The Morgan fingerprint density at radius 1 is 1.24 bits per heavy atom. The fourth-order valence-corrected chi connectivity index (χ4v) is 2.83. The van der Waals surface area contributed by atoms with Gasteiger partial charge in [0.1, 0.15) is 0 Å². The van der Waals surface area contributed by atoms with Gasteiger partial charge in [-0.25, -0.2) is 4.98 Å².